The summed E-state index contributed by atoms with van der Waals surface area (Å²) < 4.78 is 0. The van der Waals surface area contributed by atoms with Gasteiger partial charge in [-0.05, 0) is 32.9 Å². The molecule has 2 saturated heterocycles. The second-order valence-electron chi connectivity index (χ2n) is 5.72. The van der Waals surface area contributed by atoms with E-state index in [2.05, 4.69) is 26.3 Å². The van der Waals surface area contributed by atoms with Gasteiger partial charge in [0.05, 0.1) is 6.54 Å². The number of carbonyl (C=O) groups is 1. The minimum absolute atomic E-state index is 0.186. The predicted octanol–water partition coefficient (Wildman–Crippen LogP) is 0.612. The Morgan fingerprint density at radius 2 is 2.10 bits per heavy atom. The first-order chi connectivity index (χ1) is 10.3. The van der Waals surface area contributed by atoms with Gasteiger partial charge in [0.25, 0.3) is 0 Å². The lowest BCUT2D eigenvalue weighted by molar-refractivity contribution is -0.130. The summed E-state index contributed by atoms with van der Waals surface area (Å²) in [5, 5.41) is 3.38. The number of amides is 1. The molecule has 3 rings (SSSR count). The lowest BCUT2D eigenvalue weighted by atomic mass is 9.94. The number of rotatable bonds is 3. The average Bonchev–Trinajstić information content (AvgIpc) is 2.56. The number of hydrogen-bond acceptors (Lipinski definition) is 5. The van der Waals surface area contributed by atoms with Gasteiger partial charge in [0.1, 0.15) is 12.1 Å². The molecule has 2 aliphatic heterocycles. The monoisotopic (exact) mass is 289 g/mol. The summed E-state index contributed by atoms with van der Waals surface area (Å²) in [7, 11) is 0. The smallest absolute Gasteiger partial charge is 0.242 e. The molecule has 6 nitrogen and oxygen atoms in total. The van der Waals surface area contributed by atoms with Gasteiger partial charge in [-0.25, -0.2) is 9.97 Å². The second kappa shape index (κ2) is 6.39. The number of aromatic nitrogens is 2. The lowest BCUT2D eigenvalue weighted by Crippen LogP contribution is -2.50. The van der Waals surface area contributed by atoms with Crippen LogP contribution in [0.5, 0.6) is 0 Å². The van der Waals surface area contributed by atoms with Crippen LogP contribution in [0.2, 0.25) is 0 Å². The van der Waals surface area contributed by atoms with E-state index in [0.717, 1.165) is 57.1 Å². The zero-order valence-electron chi connectivity index (χ0n) is 12.6. The molecule has 0 radical (unpaired) electrons. The van der Waals surface area contributed by atoms with Crippen molar-refractivity contribution in [3.05, 3.63) is 18.1 Å². The van der Waals surface area contributed by atoms with E-state index in [4.69, 9.17) is 0 Å². The van der Waals surface area contributed by atoms with Crippen LogP contribution in [0, 0.1) is 0 Å². The first-order valence-corrected chi connectivity index (χ1v) is 7.83. The van der Waals surface area contributed by atoms with Crippen LogP contribution in [0.4, 0.5) is 5.82 Å². The van der Waals surface area contributed by atoms with Gasteiger partial charge in [-0.1, -0.05) is 0 Å². The van der Waals surface area contributed by atoms with Crippen LogP contribution in [0.3, 0.4) is 0 Å². The molecule has 0 saturated carbocycles. The Morgan fingerprint density at radius 1 is 1.29 bits per heavy atom. The van der Waals surface area contributed by atoms with E-state index in [0.29, 0.717) is 12.5 Å². The van der Waals surface area contributed by atoms with E-state index in [-0.39, 0.29) is 5.91 Å². The standard InChI is InChI=1S/C15H23N5O/c1-2-19-7-8-20(10-15(19)21)14-9-13(17-11-18-14)12-3-5-16-6-4-12/h9,11-12,16H,2-8,10H2,1H3. The summed E-state index contributed by atoms with van der Waals surface area (Å²) in [5.74, 6) is 1.59. The van der Waals surface area contributed by atoms with E-state index >= 15 is 0 Å². The fourth-order valence-corrected chi connectivity index (χ4v) is 3.11. The molecule has 0 unspecified atom stereocenters. The van der Waals surface area contributed by atoms with Gasteiger partial charge in [0.15, 0.2) is 0 Å². The first kappa shape index (κ1) is 14.3. The van der Waals surface area contributed by atoms with Gasteiger partial charge < -0.3 is 15.1 Å². The molecule has 0 atom stereocenters. The van der Waals surface area contributed by atoms with Crippen molar-refractivity contribution in [2.75, 3.05) is 44.2 Å². The van der Waals surface area contributed by atoms with Crippen LogP contribution in [0.1, 0.15) is 31.4 Å². The van der Waals surface area contributed by atoms with Crippen LogP contribution in [-0.4, -0.2) is 60.0 Å². The van der Waals surface area contributed by atoms with Gasteiger partial charge in [0.2, 0.25) is 5.91 Å². The molecular weight excluding hydrogens is 266 g/mol. The number of piperazine rings is 1. The molecule has 3 heterocycles. The topological polar surface area (TPSA) is 61.4 Å². The third kappa shape index (κ3) is 3.15. The summed E-state index contributed by atoms with van der Waals surface area (Å²) >= 11 is 0. The molecule has 0 bridgehead atoms. The molecule has 6 heteroatoms. The minimum atomic E-state index is 0.186. The van der Waals surface area contributed by atoms with Crippen molar-refractivity contribution in [1.82, 2.24) is 20.2 Å². The predicted molar refractivity (Wildman–Crippen MR) is 81.3 cm³/mol. The quantitative estimate of drug-likeness (QED) is 0.883. The highest BCUT2D eigenvalue weighted by Gasteiger charge is 2.24. The molecule has 0 aromatic carbocycles. The number of anilines is 1. The Bertz CT molecular complexity index is 501. The molecule has 2 fully saturated rings. The normalized spacial score (nSPS) is 20.9. The third-order valence-electron chi connectivity index (χ3n) is 4.46. The lowest BCUT2D eigenvalue weighted by Gasteiger charge is -2.34. The van der Waals surface area contributed by atoms with E-state index in [1.165, 1.54) is 0 Å². The van der Waals surface area contributed by atoms with E-state index < -0.39 is 0 Å². The van der Waals surface area contributed by atoms with E-state index in [1.54, 1.807) is 6.33 Å². The van der Waals surface area contributed by atoms with Crippen LogP contribution < -0.4 is 10.2 Å². The molecule has 114 valence electrons. The van der Waals surface area contributed by atoms with Crippen molar-refractivity contribution in [1.29, 1.82) is 0 Å². The van der Waals surface area contributed by atoms with Crippen molar-refractivity contribution in [3.8, 4) is 0 Å². The maximum Gasteiger partial charge on any atom is 0.242 e. The van der Waals surface area contributed by atoms with Crippen molar-refractivity contribution in [3.63, 3.8) is 0 Å². The van der Waals surface area contributed by atoms with Crippen LogP contribution in [0.15, 0.2) is 12.4 Å². The fourth-order valence-electron chi connectivity index (χ4n) is 3.11. The van der Waals surface area contributed by atoms with Crippen LogP contribution in [-0.2, 0) is 4.79 Å². The molecule has 0 spiro atoms. The number of nitrogens with one attached hydrogen (secondary N) is 1. The summed E-state index contributed by atoms with van der Waals surface area (Å²) in [6.07, 6.45) is 3.89. The van der Waals surface area contributed by atoms with Gasteiger partial charge in [0, 0.05) is 37.3 Å². The highest BCUT2D eigenvalue weighted by molar-refractivity contribution is 5.82. The van der Waals surface area contributed by atoms with Gasteiger partial charge in [-0.2, -0.15) is 0 Å². The van der Waals surface area contributed by atoms with E-state index in [9.17, 15) is 4.79 Å². The molecule has 1 amide bonds. The minimum Gasteiger partial charge on any atom is -0.345 e. The molecule has 1 aromatic heterocycles. The Hall–Kier alpha value is -1.69. The summed E-state index contributed by atoms with van der Waals surface area (Å²) in [5.41, 5.74) is 1.12. The molecule has 1 N–H and O–H groups in total. The highest BCUT2D eigenvalue weighted by atomic mass is 16.2. The Labute approximate surface area is 125 Å². The van der Waals surface area contributed by atoms with Crippen molar-refractivity contribution in [2.45, 2.75) is 25.7 Å². The number of nitrogens with zero attached hydrogens (tertiary/aromatic N) is 4. The van der Waals surface area contributed by atoms with Crippen LogP contribution >= 0.6 is 0 Å². The van der Waals surface area contributed by atoms with Crippen molar-refractivity contribution < 1.29 is 4.79 Å². The average molecular weight is 289 g/mol. The molecule has 2 aliphatic rings. The first-order valence-electron chi connectivity index (χ1n) is 7.83. The number of piperidine rings is 1. The third-order valence-corrected chi connectivity index (χ3v) is 4.46. The molecule has 21 heavy (non-hydrogen) atoms. The SMILES string of the molecule is CCN1CCN(c2cc(C3CCNCC3)ncn2)CC1=O. The summed E-state index contributed by atoms with van der Waals surface area (Å²) in [6, 6.07) is 2.07. The number of carbonyl (C=O) groups excluding carboxylic acids is 1. The maximum atomic E-state index is 12.0. The summed E-state index contributed by atoms with van der Waals surface area (Å²) in [6.45, 7) is 6.97. The van der Waals surface area contributed by atoms with Gasteiger partial charge in [-0.3, -0.25) is 4.79 Å². The fraction of sp³-hybridized carbons (Fsp3) is 0.667. The Kier molecular flexibility index (Phi) is 4.34. The molecule has 1 aromatic rings. The number of likely N-dealkylation sites (N-methyl/N-ethyl adjacent to an activating group) is 1. The zero-order valence-corrected chi connectivity index (χ0v) is 12.6. The zero-order chi connectivity index (χ0) is 14.7. The molecular formula is C15H23N5O. The Morgan fingerprint density at radius 3 is 2.81 bits per heavy atom. The van der Waals surface area contributed by atoms with Gasteiger partial charge >= 0.3 is 0 Å². The van der Waals surface area contributed by atoms with Crippen LogP contribution in [0.25, 0.3) is 0 Å². The van der Waals surface area contributed by atoms with Crippen molar-refractivity contribution in [2.24, 2.45) is 0 Å². The van der Waals surface area contributed by atoms with Crippen molar-refractivity contribution >= 4 is 11.7 Å². The van der Waals surface area contributed by atoms with E-state index in [1.807, 2.05) is 11.8 Å². The van der Waals surface area contributed by atoms with Gasteiger partial charge in [-0.15, -0.1) is 0 Å². The summed E-state index contributed by atoms with van der Waals surface area (Å²) in [4.78, 5) is 24.8. The highest BCUT2D eigenvalue weighted by Crippen LogP contribution is 2.25. The maximum absolute atomic E-state index is 12.0. The number of hydrogen-bond donors (Lipinski definition) is 1. The molecule has 0 aliphatic carbocycles. The Balaban J connectivity index is 1.72. The largest absolute Gasteiger partial charge is 0.345 e. The second-order valence-corrected chi connectivity index (χ2v) is 5.72.